The summed E-state index contributed by atoms with van der Waals surface area (Å²) in [6.07, 6.45) is 0. The average molecular weight is 284 g/mol. The molecule has 1 N–H and O–H groups in total. The van der Waals surface area contributed by atoms with Crippen LogP contribution in [0, 0.1) is 11.6 Å². The van der Waals surface area contributed by atoms with E-state index in [4.69, 9.17) is 16.3 Å². The number of nitrogens with one attached hydrogen (secondary N) is 1. The molecule has 0 unspecified atom stereocenters. The van der Waals surface area contributed by atoms with Crippen molar-refractivity contribution < 1.29 is 13.5 Å². The van der Waals surface area contributed by atoms with Gasteiger partial charge in [0.2, 0.25) is 0 Å². The van der Waals surface area contributed by atoms with E-state index in [1.807, 2.05) is 0 Å². The number of ether oxygens (including phenoxy) is 1. The lowest BCUT2D eigenvalue weighted by Crippen LogP contribution is -2.03. The van der Waals surface area contributed by atoms with Crippen LogP contribution in [0.1, 0.15) is 5.56 Å². The highest BCUT2D eigenvalue weighted by Gasteiger charge is 2.07. The number of anilines is 1. The highest BCUT2D eigenvalue weighted by Crippen LogP contribution is 2.24. The van der Waals surface area contributed by atoms with Crippen molar-refractivity contribution >= 4 is 17.3 Å². The van der Waals surface area contributed by atoms with Crippen LogP contribution in [0.3, 0.4) is 0 Å². The Labute approximate surface area is 115 Å². The summed E-state index contributed by atoms with van der Waals surface area (Å²) in [6.45, 7) is 0.223. The zero-order valence-electron chi connectivity index (χ0n) is 10.2. The molecule has 0 radical (unpaired) electrons. The van der Waals surface area contributed by atoms with Crippen molar-refractivity contribution in [3.05, 3.63) is 58.6 Å². The van der Waals surface area contributed by atoms with E-state index in [-0.39, 0.29) is 17.3 Å². The zero-order valence-corrected chi connectivity index (χ0v) is 11.0. The monoisotopic (exact) mass is 283 g/mol. The van der Waals surface area contributed by atoms with Crippen molar-refractivity contribution in [1.82, 2.24) is 0 Å². The van der Waals surface area contributed by atoms with Gasteiger partial charge in [-0.1, -0.05) is 23.7 Å². The Morgan fingerprint density at radius 1 is 1.16 bits per heavy atom. The molecule has 0 aromatic heterocycles. The minimum absolute atomic E-state index is 0.0401. The molecule has 5 heteroatoms. The van der Waals surface area contributed by atoms with Crippen LogP contribution < -0.4 is 10.1 Å². The fraction of sp³-hybridized carbons (Fsp3) is 0.143. The molecule has 0 amide bonds. The molecule has 19 heavy (non-hydrogen) atoms. The molecule has 2 rings (SSSR count). The number of hydrogen-bond donors (Lipinski definition) is 1. The first-order valence-electron chi connectivity index (χ1n) is 5.62. The van der Waals surface area contributed by atoms with Crippen LogP contribution in [0.2, 0.25) is 5.02 Å². The Hall–Kier alpha value is -1.81. The lowest BCUT2D eigenvalue weighted by molar-refractivity contribution is 0.414. The third-order valence-corrected chi connectivity index (χ3v) is 3.10. The van der Waals surface area contributed by atoms with Gasteiger partial charge in [-0.25, -0.2) is 8.78 Å². The molecule has 2 aromatic rings. The molecule has 0 aliphatic carbocycles. The van der Waals surface area contributed by atoms with Crippen molar-refractivity contribution in [3.63, 3.8) is 0 Å². The average Bonchev–Trinajstić information content (AvgIpc) is 2.42. The first-order chi connectivity index (χ1) is 9.11. The molecule has 0 heterocycles. The predicted octanol–water partition coefficient (Wildman–Crippen LogP) is 4.24. The summed E-state index contributed by atoms with van der Waals surface area (Å²) in [7, 11) is 1.50. The molecular weight excluding hydrogens is 272 g/mol. The number of halogens is 3. The van der Waals surface area contributed by atoms with Gasteiger partial charge in [-0.3, -0.25) is 0 Å². The van der Waals surface area contributed by atoms with Crippen LogP contribution >= 0.6 is 11.6 Å². The van der Waals surface area contributed by atoms with E-state index in [1.54, 1.807) is 12.1 Å². The van der Waals surface area contributed by atoms with E-state index in [0.29, 0.717) is 11.3 Å². The Bertz CT molecular complexity index is 590. The van der Waals surface area contributed by atoms with E-state index < -0.39 is 11.6 Å². The van der Waals surface area contributed by atoms with E-state index >= 15 is 0 Å². The molecule has 0 saturated carbocycles. The smallest absolute Gasteiger partial charge is 0.146 e. The summed E-state index contributed by atoms with van der Waals surface area (Å²) in [6, 6.07) is 8.86. The fourth-order valence-corrected chi connectivity index (χ4v) is 1.84. The van der Waals surface area contributed by atoms with Crippen molar-refractivity contribution in [2.24, 2.45) is 0 Å². The van der Waals surface area contributed by atoms with E-state index in [2.05, 4.69) is 5.32 Å². The summed E-state index contributed by atoms with van der Waals surface area (Å²) in [5.74, 6) is -0.366. The maximum Gasteiger partial charge on any atom is 0.146 e. The summed E-state index contributed by atoms with van der Waals surface area (Å²) in [4.78, 5) is 0. The fourth-order valence-electron chi connectivity index (χ4n) is 1.64. The number of methoxy groups -OCH3 is 1. The largest absolute Gasteiger partial charge is 0.497 e. The molecule has 0 aliphatic rings. The van der Waals surface area contributed by atoms with E-state index in [9.17, 15) is 8.78 Å². The lowest BCUT2D eigenvalue weighted by atomic mass is 10.2. The second kappa shape index (κ2) is 5.89. The Morgan fingerprint density at radius 2 is 1.95 bits per heavy atom. The van der Waals surface area contributed by atoms with Gasteiger partial charge >= 0.3 is 0 Å². The number of hydrogen-bond acceptors (Lipinski definition) is 2. The molecule has 0 spiro atoms. The van der Waals surface area contributed by atoms with Gasteiger partial charge in [-0.15, -0.1) is 0 Å². The first kappa shape index (κ1) is 13.6. The van der Waals surface area contributed by atoms with Gasteiger partial charge in [0.25, 0.3) is 0 Å². The van der Waals surface area contributed by atoms with Gasteiger partial charge in [0, 0.05) is 12.6 Å². The molecule has 0 saturated heterocycles. The second-order valence-corrected chi connectivity index (χ2v) is 4.29. The SMILES string of the molecule is COc1ccc(F)c(NCc2cccc(F)c2Cl)c1. The Morgan fingerprint density at radius 3 is 2.68 bits per heavy atom. The summed E-state index contributed by atoms with van der Waals surface area (Å²) < 4.78 is 31.8. The number of benzene rings is 2. The topological polar surface area (TPSA) is 21.3 Å². The zero-order chi connectivity index (χ0) is 13.8. The van der Waals surface area contributed by atoms with Crippen LogP contribution in [0.15, 0.2) is 36.4 Å². The van der Waals surface area contributed by atoms with Crippen LogP contribution in [-0.4, -0.2) is 7.11 Å². The molecule has 0 bridgehead atoms. The first-order valence-corrected chi connectivity index (χ1v) is 6.00. The third-order valence-electron chi connectivity index (χ3n) is 2.67. The van der Waals surface area contributed by atoms with Gasteiger partial charge < -0.3 is 10.1 Å². The van der Waals surface area contributed by atoms with Gasteiger partial charge in [0.1, 0.15) is 17.4 Å². The maximum atomic E-state index is 13.6. The summed E-state index contributed by atoms with van der Waals surface area (Å²) >= 11 is 5.82. The molecule has 100 valence electrons. The lowest BCUT2D eigenvalue weighted by Gasteiger charge is -2.10. The van der Waals surface area contributed by atoms with Crippen molar-refractivity contribution in [3.8, 4) is 5.75 Å². The molecular formula is C14H12ClF2NO. The predicted molar refractivity (Wildman–Crippen MR) is 71.7 cm³/mol. The number of rotatable bonds is 4. The van der Waals surface area contributed by atoms with Crippen LogP contribution in [0.5, 0.6) is 5.75 Å². The van der Waals surface area contributed by atoms with Gasteiger partial charge in [-0.2, -0.15) is 0 Å². The van der Waals surface area contributed by atoms with E-state index in [1.165, 1.54) is 31.4 Å². The highest BCUT2D eigenvalue weighted by molar-refractivity contribution is 6.31. The normalized spacial score (nSPS) is 10.3. The minimum atomic E-state index is -0.493. The summed E-state index contributed by atoms with van der Waals surface area (Å²) in [5.41, 5.74) is 0.837. The van der Waals surface area contributed by atoms with Crippen LogP contribution in [-0.2, 0) is 6.54 Å². The van der Waals surface area contributed by atoms with Crippen molar-refractivity contribution in [1.29, 1.82) is 0 Å². The second-order valence-electron chi connectivity index (χ2n) is 3.91. The van der Waals surface area contributed by atoms with E-state index in [0.717, 1.165) is 0 Å². The van der Waals surface area contributed by atoms with Crippen LogP contribution in [0.4, 0.5) is 14.5 Å². The maximum absolute atomic E-state index is 13.6. The summed E-state index contributed by atoms with van der Waals surface area (Å²) in [5, 5.41) is 2.91. The van der Waals surface area contributed by atoms with Crippen molar-refractivity contribution in [2.45, 2.75) is 6.54 Å². The van der Waals surface area contributed by atoms with Gasteiger partial charge in [-0.05, 0) is 23.8 Å². The van der Waals surface area contributed by atoms with Crippen molar-refractivity contribution in [2.75, 3.05) is 12.4 Å². The third kappa shape index (κ3) is 3.15. The molecule has 2 aromatic carbocycles. The van der Waals surface area contributed by atoms with Gasteiger partial charge in [0.15, 0.2) is 0 Å². The van der Waals surface area contributed by atoms with Crippen LogP contribution in [0.25, 0.3) is 0 Å². The Kier molecular flexibility index (Phi) is 4.22. The molecule has 2 nitrogen and oxygen atoms in total. The molecule has 0 aliphatic heterocycles. The molecule has 0 atom stereocenters. The minimum Gasteiger partial charge on any atom is -0.497 e. The highest BCUT2D eigenvalue weighted by atomic mass is 35.5. The molecule has 0 fully saturated rings. The van der Waals surface area contributed by atoms with Gasteiger partial charge in [0.05, 0.1) is 17.8 Å². The quantitative estimate of drug-likeness (QED) is 0.906. The Balaban J connectivity index is 2.16. The standard InChI is InChI=1S/C14H12ClF2NO/c1-19-10-5-6-11(16)13(7-10)18-8-9-3-2-4-12(17)14(9)15/h2-7,18H,8H2,1H3.